The van der Waals surface area contributed by atoms with Crippen LogP contribution in [0.2, 0.25) is 0 Å². The molecule has 1 amide bonds. The summed E-state index contributed by atoms with van der Waals surface area (Å²) in [5.74, 6) is 0.769. The van der Waals surface area contributed by atoms with Gasteiger partial charge in [-0.2, -0.15) is 0 Å². The van der Waals surface area contributed by atoms with Crippen molar-refractivity contribution in [3.63, 3.8) is 0 Å². The van der Waals surface area contributed by atoms with Crippen LogP contribution in [-0.2, 0) is 13.0 Å². The molecule has 3 rings (SSSR count). The number of carbonyl (C=O) groups is 1. The van der Waals surface area contributed by atoms with E-state index in [4.69, 9.17) is 4.42 Å². The largest absolute Gasteiger partial charge is 0.461 e. The molecule has 2 aromatic heterocycles. The first-order chi connectivity index (χ1) is 11.1. The summed E-state index contributed by atoms with van der Waals surface area (Å²) < 4.78 is 5.88. The van der Waals surface area contributed by atoms with Crippen molar-refractivity contribution in [1.82, 2.24) is 14.9 Å². The van der Waals surface area contributed by atoms with Crippen molar-refractivity contribution in [3.8, 4) is 0 Å². The predicted octanol–water partition coefficient (Wildman–Crippen LogP) is 3.37. The SMILES string of the molecule is CCc1oc2ccccc2c1CN(C)C(=O)c1cnc(C)cn1. The summed E-state index contributed by atoms with van der Waals surface area (Å²) in [4.78, 5) is 22.5. The second kappa shape index (κ2) is 6.20. The smallest absolute Gasteiger partial charge is 0.274 e. The quantitative estimate of drug-likeness (QED) is 0.741. The summed E-state index contributed by atoms with van der Waals surface area (Å²) in [7, 11) is 1.77. The number of aryl methyl sites for hydroxylation is 2. The van der Waals surface area contributed by atoms with E-state index < -0.39 is 0 Å². The zero-order chi connectivity index (χ0) is 16.4. The molecule has 0 bridgehead atoms. The molecule has 0 aliphatic rings. The number of para-hydroxylation sites is 1. The molecule has 0 spiro atoms. The van der Waals surface area contributed by atoms with Gasteiger partial charge in [-0.25, -0.2) is 4.98 Å². The van der Waals surface area contributed by atoms with E-state index in [0.717, 1.165) is 34.4 Å². The second-order valence-electron chi connectivity index (χ2n) is 5.56. The molecule has 0 radical (unpaired) electrons. The molecular weight excluding hydrogens is 290 g/mol. The normalized spacial score (nSPS) is 10.9. The van der Waals surface area contributed by atoms with Crippen LogP contribution in [0.5, 0.6) is 0 Å². The van der Waals surface area contributed by atoms with E-state index in [-0.39, 0.29) is 5.91 Å². The van der Waals surface area contributed by atoms with Crippen molar-refractivity contribution >= 4 is 16.9 Å². The lowest BCUT2D eigenvalue weighted by atomic mass is 10.1. The molecule has 0 saturated carbocycles. The Bertz CT molecular complexity index is 837. The molecule has 5 heteroatoms. The lowest BCUT2D eigenvalue weighted by molar-refractivity contribution is 0.0778. The minimum absolute atomic E-state index is 0.148. The van der Waals surface area contributed by atoms with Gasteiger partial charge < -0.3 is 9.32 Å². The van der Waals surface area contributed by atoms with Crippen molar-refractivity contribution in [2.75, 3.05) is 7.05 Å². The van der Waals surface area contributed by atoms with E-state index in [2.05, 4.69) is 16.9 Å². The van der Waals surface area contributed by atoms with Crippen LogP contribution in [0.15, 0.2) is 41.1 Å². The third-order valence-electron chi connectivity index (χ3n) is 3.85. The van der Waals surface area contributed by atoms with Gasteiger partial charge in [0.1, 0.15) is 17.0 Å². The van der Waals surface area contributed by atoms with Gasteiger partial charge in [0.15, 0.2) is 0 Å². The highest BCUT2D eigenvalue weighted by Crippen LogP contribution is 2.27. The third kappa shape index (κ3) is 2.95. The topological polar surface area (TPSA) is 59.2 Å². The van der Waals surface area contributed by atoms with Crippen LogP contribution in [0, 0.1) is 6.92 Å². The number of hydrogen-bond acceptors (Lipinski definition) is 4. The Morgan fingerprint density at radius 3 is 2.70 bits per heavy atom. The van der Waals surface area contributed by atoms with Crippen LogP contribution in [0.25, 0.3) is 11.0 Å². The molecule has 2 heterocycles. The Morgan fingerprint density at radius 2 is 2.00 bits per heavy atom. The van der Waals surface area contributed by atoms with Crippen LogP contribution >= 0.6 is 0 Å². The molecule has 118 valence electrons. The van der Waals surface area contributed by atoms with E-state index in [1.165, 1.54) is 6.20 Å². The lowest BCUT2D eigenvalue weighted by Gasteiger charge is -2.16. The van der Waals surface area contributed by atoms with Crippen molar-refractivity contribution in [3.05, 3.63) is 59.4 Å². The predicted molar refractivity (Wildman–Crippen MR) is 88.2 cm³/mol. The maximum absolute atomic E-state index is 12.5. The molecule has 0 aliphatic heterocycles. The van der Waals surface area contributed by atoms with Gasteiger partial charge in [0.25, 0.3) is 5.91 Å². The highest BCUT2D eigenvalue weighted by Gasteiger charge is 2.19. The lowest BCUT2D eigenvalue weighted by Crippen LogP contribution is -2.27. The summed E-state index contributed by atoms with van der Waals surface area (Å²) in [5, 5.41) is 1.05. The van der Waals surface area contributed by atoms with Crippen LogP contribution in [0.3, 0.4) is 0 Å². The zero-order valence-electron chi connectivity index (χ0n) is 13.5. The van der Waals surface area contributed by atoms with Crippen LogP contribution in [-0.4, -0.2) is 27.8 Å². The number of rotatable bonds is 4. The summed E-state index contributed by atoms with van der Waals surface area (Å²) in [6.45, 7) is 4.37. The molecule has 3 aromatic rings. The fraction of sp³-hybridized carbons (Fsp3) is 0.278. The van der Waals surface area contributed by atoms with Crippen molar-refractivity contribution in [2.24, 2.45) is 0 Å². The van der Waals surface area contributed by atoms with Gasteiger partial charge >= 0.3 is 0 Å². The van der Waals surface area contributed by atoms with Gasteiger partial charge in [0, 0.05) is 37.2 Å². The Hall–Kier alpha value is -2.69. The Labute approximate surface area is 135 Å². The molecule has 0 fully saturated rings. The van der Waals surface area contributed by atoms with Gasteiger partial charge in [0.05, 0.1) is 11.9 Å². The molecule has 1 aromatic carbocycles. The zero-order valence-corrected chi connectivity index (χ0v) is 13.5. The average Bonchev–Trinajstić information content (AvgIpc) is 2.93. The first kappa shape index (κ1) is 15.2. The standard InChI is InChI=1S/C18H19N3O2/c1-4-16-14(13-7-5-6-8-17(13)23-16)11-21(3)18(22)15-10-19-12(2)9-20-15/h5-10H,4,11H2,1-3H3. The summed E-state index contributed by atoms with van der Waals surface area (Å²) in [6, 6.07) is 7.91. The average molecular weight is 309 g/mol. The first-order valence-corrected chi connectivity index (χ1v) is 7.63. The first-order valence-electron chi connectivity index (χ1n) is 7.63. The van der Waals surface area contributed by atoms with E-state index in [1.54, 1.807) is 18.1 Å². The fourth-order valence-corrected chi connectivity index (χ4v) is 2.62. The fourth-order valence-electron chi connectivity index (χ4n) is 2.62. The Morgan fingerprint density at radius 1 is 1.22 bits per heavy atom. The molecule has 5 nitrogen and oxygen atoms in total. The molecular formula is C18H19N3O2. The van der Waals surface area contributed by atoms with Crippen LogP contribution < -0.4 is 0 Å². The highest BCUT2D eigenvalue weighted by atomic mass is 16.3. The van der Waals surface area contributed by atoms with Crippen molar-refractivity contribution < 1.29 is 9.21 Å². The monoisotopic (exact) mass is 309 g/mol. The van der Waals surface area contributed by atoms with E-state index in [0.29, 0.717) is 12.2 Å². The number of nitrogens with zero attached hydrogens (tertiary/aromatic N) is 3. The van der Waals surface area contributed by atoms with E-state index in [1.807, 2.05) is 31.2 Å². The maximum Gasteiger partial charge on any atom is 0.274 e. The Kier molecular flexibility index (Phi) is 4.10. The molecule has 0 saturated heterocycles. The minimum Gasteiger partial charge on any atom is -0.461 e. The number of furan rings is 1. The van der Waals surface area contributed by atoms with Crippen LogP contribution in [0.4, 0.5) is 0 Å². The number of fused-ring (bicyclic) bond motifs is 1. The molecule has 0 N–H and O–H groups in total. The molecule has 0 unspecified atom stereocenters. The van der Waals surface area contributed by atoms with Crippen molar-refractivity contribution in [1.29, 1.82) is 0 Å². The number of benzene rings is 1. The summed E-state index contributed by atoms with van der Waals surface area (Å²) in [6.07, 6.45) is 3.91. The second-order valence-corrected chi connectivity index (χ2v) is 5.56. The number of aromatic nitrogens is 2. The summed E-state index contributed by atoms with van der Waals surface area (Å²) >= 11 is 0. The maximum atomic E-state index is 12.5. The number of hydrogen-bond donors (Lipinski definition) is 0. The van der Waals surface area contributed by atoms with E-state index >= 15 is 0 Å². The minimum atomic E-state index is -0.148. The third-order valence-corrected chi connectivity index (χ3v) is 3.85. The van der Waals surface area contributed by atoms with E-state index in [9.17, 15) is 4.79 Å². The number of amides is 1. The van der Waals surface area contributed by atoms with Crippen LogP contribution in [0.1, 0.15) is 34.4 Å². The molecule has 23 heavy (non-hydrogen) atoms. The summed E-state index contributed by atoms with van der Waals surface area (Å²) in [5.41, 5.74) is 3.05. The Balaban J connectivity index is 1.89. The van der Waals surface area contributed by atoms with Gasteiger partial charge in [0.2, 0.25) is 0 Å². The van der Waals surface area contributed by atoms with Crippen molar-refractivity contribution in [2.45, 2.75) is 26.8 Å². The van der Waals surface area contributed by atoms with Gasteiger partial charge in [-0.05, 0) is 13.0 Å². The molecule has 0 atom stereocenters. The molecule has 0 aliphatic carbocycles. The number of carbonyl (C=O) groups excluding carboxylic acids is 1. The highest BCUT2D eigenvalue weighted by molar-refractivity contribution is 5.92. The van der Waals surface area contributed by atoms with Gasteiger partial charge in [-0.1, -0.05) is 25.1 Å². The van der Waals surface area contributed by atoms with Gasteiger partial charge in [-0.3, -0.25) is 9.78 Å². The van der Waals surface area contributed by atoms with Gasteiger partial charge in [-0.15, -0.1) is 0 Å².